The number of rotatable bonds is 7. The summed E-state index contributed by atoms with van der Waals surface area (Å²) in [5.41, 5.74) is 5.01. The standard InChI is InChI=1S/C23H23N5S/c1-3-16-29-22-21(17(2)28(27-22)19-12-8-5-9-13-19)20-14-15-24-23(26-20)25-18-10-6-4-7-11-18/h4-15H,3,16H2,1-2H3,(H,24,25,26). The molecule has 2 aromatic heterocycles. The minimum absolute atomic E-state index is 0.576. The van der Waals surface area contributed by atoms with Gasteiger partial charge in [-0.05, 0) is 49.4 Å². The first-order chi connectivity index (χ1) is 14.3. The van der Waals surface area contributed by atoms with Crippen LogP contribution < -0.4 is 5.32 Å². The Balaban J connectivity index is 1.75. The third kappa shape index (κ3) is 4.32. The molecule has 0 aliphatic rings. The number of nitrogens with one attached hydrogen (secondary N) is 1. The molecule has 0 aliphatic heterocycles. The van der Waals surface area contributed by atoms with Crippen molar-refractivity contribution in [3.05, 3.63) is 78.6 Å². The summed E-state index contributed by atoms with van der Waals surface area (Å²) in [7, 11) is 0. The van der Waals surface area contributed by atoms with Gasteiger partial charge < -0.3 is 5.32 Å². The molecule has 0 saturated carbocycles. The van der Waals surface area contributed by atoms with E-state index in [0.29, 0.717) is 5.95 Å². The second-order valence-corrected chi connectivity index (χ2v) is 7.70. The van der Waals surface area contributed by atoms with E-state index >= 15 is 0 Å². The molecule has 0 saturated heterocycles. The minimum atomic E-state index is 0.576. The van der Waals surface area contributed by atoms with Crippen LogP contribution in [0.1, 0.15) is 19.0 Å². The van der Waals surface area contributed by atoms with Gasteiger partial charge in [0, 0.05) is 11.9 Å². The van der Waals surface area contributed by atoms with Crippen molar-refractivity contribution in [2.75, 3.05) is 11.1 Å². The van der Waals surface area contributed by atoms with E-state index in [4.69, 9.17) is 10.1 Å². The quantitative estimate of drug-likeness (QED) is 0.392. The van der Waals surface area contributed by atoms with Gasteiger partial charge in [0.2, 0.25) is 5.95 Å². The average Bonchev–Trinajstić information content (AvgIpc) is 3.10. The van der Waals surface area contributed by atoms with Gasteiger partial charge >= 0.3 is 0 Å². The van der Waals surface area contributed by atoms with Gasteiger partial charge in [0.15, 0.2) is 0 Å². The lowest BCUT2D eigenvalue weighted by Gasteiger charge is -2.08. The number of nitrogens with zero attached hydrogens (tertiary/aromatic N) is 4. The Labute approximate surface area is 175 Å². The smallest absolute Gasteiger partial charge is 0.227 e. The fraction of sp³-hybridized carbons (Fsp3) is 0.174. The topological polar surface area (TPSA) is 55.6 Å². The van der Waals surface area contributed by atoms with E-state index in [0.717, 1.165) is 45.5 Å². The Kier molecular flexibility index (Phi) is 5.91. The van der Waals surface area contributed by atoms with Crippen LogP contribution in [0.2, 0.25) is 0 Å². The van der Waals surface area contributed by atoms with Crippen molar-refractivity contribution in [1.29, 1.82) is 0 Å². The third-order valence-corrected chi connectivity index (χ3v) is 5.64. The van der Waals surface area contributed by atoms with Crippen LogP contribution >= 0.6 is 11.8 Å². The highest BCUT2D eigenvalue weighted by Crippen LogP contribution is 2.34. The number of aromatic nitrogens is 4. The zero-order chi connectivity index (χ0) is 20.1. The van der Waals surface area contributed by atoms with Gasteiger partial charge in [0.05, 0.1) is 22.6 Å². The predicted molar refractivity (Wildman–Crippen MR) is 120 cm³/mol. The van der Waals surface area contributed by atoms with Gasteiger partial charge in [-0.1, -0.05) is 43.3 Å². The van der Waals surface area contributed by atoms with Crippen LogP contribution in [0.4, 0.5) is 11.6 Å². The molecule has 4 rings (SSSR count). The van der Waals surface area contributed by atoms with Gasteiger partial charge in [-0.25, -0.2) is 14.6 Å². The molecule has 29 heavy (non-hydrogen) atoms. The first-order valence-corrected chi connectivity index (χ1v) is 10.7. The molecule has 0 atom stereocenters. The number of benzene rings is 2. The first kappa shape index (κ1) is 19.2. The number of hydrogen-bond acceptors (Lipinski definition) is 5. The normalized spacial score (nSPS) is 10.8. The van der Waals surface area contributed by atoms with Gasteiger partial charge in [-0.15, -0.1) is 11.8 Å². The second-order valence-electron chi connectivity index (χ2n) is 6.62. The Morgan fingerprint density at radius 1 is 0.966 bits per heavy atom. The van der Waals surface area contributed by atoms with E-state index in [1.807, 2.05) is 59.3 Å². The molecule has 1 N–H and O–H groups in total. The Morgan fingerprint density at radius 2 is 1.69 bits per heavy atom. The molecule has 0 aliphatic carbocycles. The molecule has 0 radical (unpaired) electrons. The highest BCUT2D eigenvalue weighted by Gasteiger charge is 2.19. The van der Waals surface area contributed by atoms with Gasteiger partial charge in [0.25, 0.3) is 0 Å². The molecule has 0 spiro atoms. The van der Waals surface area contributed by atoms with Crippen molar-refractivity contribution in [1.82, 2.24) is 19.7 Å². The summed E-state index contributed by atoms with van der Waals surface area (Å²) in [5.74, 6) is 1.59. The SMILES string of the molecule is CCCSc1nn(-c2ccccc2)c(C)c1-c1ccnc(Nc2ccccc2)n1. The maximum Gasteiger partial charge on any atom is 0.227 e. The fourth-order valence-corrected chi connectivity index (χ4v) is 4.03. The van der Waals surface area contributed by atoms with E-state index in [1.165, 1.54) is 0 Å². The monoisotopic (exact) mass is 401 g/mol. The lowest BCUT2D eigenvalue weighted by molar-refractivity contribution is 0.813. The third-order valence-electron chi connectivity index (χ3n) is 4.47. The number of para-hydroxylation sites is 2. The van der Waals surface area contributed by atoms with Crippen LogP contribution in [0.3, 0.4) is 0 Å². The molecule has 0 unspecified atom stereocenters. The van der Waals surface area contributed by atoms with Crippen molar-refractivity contribution in [3.63, 3.8) is 0 Å². The van der Waals surface area contributed by atoms with Crippen molar-refractivity contribution in [2.45, 2.75) is 25.3 Å². The van der Waals surface area contributed by atoms with Crippen LogP contribution in [0.15, 0.2) is 78.0 Å². The molecule has 0 bridgehead atoms. The highest BCUT2D eigenvalue weighted by molar-refractivity contribution is 7.99. The molecule has 0 fully saturated rings. The molecule has 4 aromatic rings. The van der Waals surface area contributed by atoms with Gasteiger partial charge in [-0.2, -0.15) is 5.10 Å². The maximum absolute atomic E-state index is 4.91. The summed E-state index contributed by atoms with van der Waals surface area (Å²) >= 11 is 1.77. The van der Waals surface area contributed by atoms with E-state index in [9.17, 15) is 0 Å². The summed E-state index contributed by atoms with van der Waals surface area (Å²) in [6, 6.07) is 22.1. The van der Waals surface area contributed by atoms with E-state index in [-0.39, 0.29) is 0 Å². The average molecular weight is 402 g/mol. The van der Waals surface area contributed by atoms with Crippen LogP contribution in [0, 0.1) is 6.92 Å². The molecule has 5 nitrogen and oxygen atoms in total. The molecule has 2 heterocycles. The fourth-order valence-electron chi connectivity index (χ4n) is 3.10. The Bertz CT molecular complexity index is 1080. The molecule has 0 amide bonds. The largest absolute Gasteiger partial charge is 0.324 e. The van der Waals surface area contributed by atoms with Crippen molar-refractivity contribution < 1.29 is 0 Å². The van der Waals surface area contributed by atoms with Crippen LogP contribution in [-0.4, -0.2) is 25.5 Å². The van der Waals surface area contributed by atoms with Crippen molar-refractivity contribution >= 4 is 23.4 Å². The zero-order valence-corrected chi connectivity index (χ0v) is 17.4. The molecular formula is C23H23N5S. The van der Waals surface area contributed by atoms with Crippen molar-refractivity contribution in [2.24, 2.45) is 0 Å². The maximum atomic E-state index is 4.91. The van der Waals surface area contributed by atoms with E-state index < -0.39 is 0 Å². The van der Waals surface area contributed by atoms with E-state index in [2.05, 4.69) is 36.3 Å². The summed E-state index contributed by atoms with van der Waals surface area (Å²) < 4.78 is 2.00. The van der Waals surface area contributed by atoms with Gasteiger partial charge in [0.1, 0.15) is 5.03 Å². The second kappa shape index (κ2) is 8.92. The number of hydrogen-bond donors (Lipinski definition) is 1. The summed E-state index contributed by atoms with van der Waals surface area (Å²) in [5, 5.41) is 9.18. The summed E-state index contributed by atoms with van der Waals surface area (Å²) in [6.07, 6.45) is 2.88. The molecule has 2 aromatic carbocycles. The van der Waals surface area contributed by atoms with E-state index in [1.54, 1.807) is 18.0 Å². The summed E-state index contributed by atoms with van der Waals surface area (Å²) in [4.78, 5) is 9.18. The molecule has 6 heteroatoms. The lowest BCUT2D eigenvalue weighted by Crippen LogP contribution is -2.00. The Morgan fingerprint density at radius 3 is 2.41 bits per heavy atom. The highest BCUT2D eigenvalue weighted by atomic mass is 32.2. The van der Waals surface area contributed by atoms with Crippen LogP contribution in [-0.2, 0) is 0 Å². The number of thioether (sulfide) groups is 1. The number of anilines is 2. The minimum Gasteiger partial charge on any atom is -0.324 e. The van der Waals surface area contributed by atoms with Gasteiger partial charge in [-0.3, -0.25) is 0 Å². The van der Waals surface area contributed by atoms with Crippen molar-refractivity contribution in [3.8, 4) is 16.9 Å². The zero-order valence-electron chi connectivity index (χ0n) is 16.5. The molecular weight excluding hydrogens is 378 g/mol. The summed E-state index contributed by atoms with van der Waals surface area (Å²) in [6.45, 7) is 4.28. The van der Waals surface area contributed by atoms with Crippen LogP contribution in [0.25, 0.3) is 16.9 Å². The Hall–Kier alpha value is -3.12. The predicted octanol–water partition coefficient (Wildman–Crippen LogP) is 5.88. The molecule has 146 valence electrons. The first-order valence-electron chi connectivity index (χ1n) is 9.69. The lowest BCUT2D eigenvalue weighted by atomic mass is 10.2. The van der Waals surface area contributed by atoms with Crippen LogP contribution in [0.5, 0.6) is 0 Å².